The third kappa shape index (κ3) is 3.13. The molecule has 0 radical (unpaired) electrons. The summed E-state index contributed by atoms with van der Waals surface area (Å²) in [6, 6.07) is 7.45. The Hall–Kier alpha value is -1.70. The fourth-order valence-corrected chi connectivity index (χ4v) is 1.58. The number of hydrogen-bond donors (Lipinski definition) is 2. The quantitative estimate of drug-likeness (QED) is 0.819. The first-order chi connectivity index (χ1) is 8.15. The molecule has 17 heavy (non-hydrogen) atoms. The smallest absolute Gasteiger partial charge is 0.275 e. The van der Waals surface area contributed by atoms with Crippen LogP contribution in [0.15, 0.2) is 36.7 Å². The molecule has 0 spiro atoms. The number of halogens is 1. The summed E-state index contributed by atoms with van der Waals surface area (Å²) >= 11 is 2.19. The van der Waals surface area contributed by atoms with Gasteiger partial charge >= 0.3 is 0 Å². The van der Waals surface area contributed by atoms with Gasteiger partial charge in [-0.3, -0.25) is 9.78 Å². The SMILES string of the molecule is Nc1cncc(C(=O)Nc2ccc(I)cc2)n1. The van der Waals surface area contributed by atoms with Crippen LogP contribution in [0, 0.1) is 3.57 Å². The Morgan fingerprint density at radius 3 is 2.59 bits per heavy atom. The standard InChI is InChI=1S/C11H9IN4O/c12-7-1-3-8(4-2-7)15-11(17)9-5-14-6-10(13)16-9/h1-6H,(H2,13,16)(H,15,17). The maximum Gasteiger partial charge on any atom is 0.275 e. The third-order valence-electron chi connectivity index (χ3n) is 1.99. The summed E-state index contributed by atoms with van der Waals surface area (Å²) in [5.74, 6) is -0.105. The van der Waals surface area contributed by atoms with Crippen molar-refractivity contribution in [3.05, 3.63) is 45.9 Å². The lowest BCUT2D eigenvalue weighted by Gasteiger charge is -2.04. The lowest BCUT2D eigenvalue weighted by atomic mass is 10.3. The Balaban J connectivity index is 2.14. The minimum absolute atomic E-state index is 0.198. The van der Waals surface area contributed by atoms with Gasteiger partial charge in [0, 0.05) is 9.26 Å². The number of amides is 1. The highest BCUT2D eigenvalue weighted by molar-refractivity contribution is 14.1. The molecule has 0 saturated carbocycles. The Morgan fingerprint density at radius 1 is 1.24 bits per heavy atom. The van der Waals surface area contributed by atoms with Gasteiger partial charge in [0.05, 0.1) is 12.4 Å². The highest BCUT2D eigenvalue weighted by Gasteiger charge is 2.08. The van der Waals surface area contributed by atoms with Crippen molar-refractivity contribution < 1.29 is 4.79 Å². The number of carbonyl (C=O) groups excluding carboxylic acids is 1. The number of aromatic nitrogens is 2. The number of nitrogens with zero attached hydrogens (tertiary/aromatic N) is 2. The van der Waals surface area contributed by atoms with E-state index < -0.39 is 0 Å². The molecular formula is C11H9IN4O. The molecule has 0 unspecified atom stereocenters. The first-order valence-electron chi connectivity index (χ1n) is 4.79. The van der Waals surface area contributed by atoms with E-state index in [4.69, 9.17) is 5.73 Å². The maximum atomic E-state index is 11.8. The summed E-state index contributed by atoms with van der Waals surface area (Å²) in [5, 5.41) is 2.71. The summed E-state index contributed by atoms with van der Waals surface area (Å²) in [5.41, 5.74) is 6.36. The van der Waals surface area contributed by atoms with E-state index in [1.54, 1.807) is 0 Å². The molecule has 6 heteroatoms. The molecule has 0 aliphatic rings. The minimum atomic E-state index is -0.328. The predicted octanol–water partition coefficient (Wildman–Crippen LogP) is 1.92. The van der Waals surface area contributed by atoms with E-state index in [0.717, 1.165) is 3.57 Å². The maximum absolute atomic E-state index is 11.8. The van der Waals surface area contributed by atoms with Crippen LogP contribution in [0.3, 0.4) is 0 Å². The second kappa shape index (κ2) is 5.09. The van der Waals surface area contributed by atoms with E-state index in [-0.39, 0.29) is 17.4 Å². The van der Waals surface area contributed by atoms with E-state index in [2.05, 4.69) is 37.9 Å². The largest absolute Gasteiger partial charge is 0.382 e. The molecule has 0 bridgehead atoms. The van der Waals surface area contributed by atoms with E-state index in [1.807, 2.05) is 24.3 Å². The van der Waals surface area contributed by atoms with E-state index in [1.165, 1.54) is 12.4 Å². The van der Waals surface area contributed by atoms with Crippen LogP contribution in [0.4, 0.5) is 11.5 Å². The van der Waals surface area contributed by atoms with E-state index >= 15 is 0 Å². The predicted molar refractivity (Wildman–Crippen MR) is 73.6 cm³/mol. The van der Waals surface area contributed by atoms with Crippen LogP contribution >= 0.6 is 22.6 Å². The van der Waals surface area contributed by atoms with Crippen molar-refractivity contribution in [2.45, 2.75) is 0 Å². The number of rotatable bonds is 2. The number of hydrogen-bond acceptors (Lipinski definition) is 4. The molecule has 1 aromatic carbocycles. The Bertz CT molecular complexity index is 541. The summed E-state index contributed by atoms with van der Waals surface area (Å²) in [6.07, 6.45) is 2.76. The number of carbonyl (C=O) groups is 1. The van der Waals surface area contributed by atoms with Crippen molar-refractivity contribution in [3.63, 3.8) is 0 Å². The van der Waals surface area contributed by atoms with Crippen LogP contribution in [-0.4, -0.2) is 15.9 Å². The average Bonchev–Trinajstić information content (AvgIpc) is 2.32. The molecule has 0 fully saturated rings. The Kier molecular flexibility index (Phi) is 3.52. The molecule has 1 amide bonds. The van der Waals surface area contributed by atoms with Crippen molar-refractivity contribution in [2.24, 2.45) is 0 Å². The fourth-order valence-electron chi connectivity index (χ4n) is 1.22. The van der Waals surface area contributed by atoms with Gasteiger partial charge in [0.2, 0.25) is 0 Å². The summed E-state index contributed by atoms with van der Waals surface area (Å²) < 4.78 is 1.10. The van der Waals surface area contributed by atoms with Crippen LogP contribution in [0.2, 0.25) is 0 Å². The van der Waals surface area contributed by atoms with Crippen LogP contribution in [0.1, 0.15) is 10.5 Å². The second-order valence-electron chi connectivity index (χ2n) is 3.29. The van der Waals surface area contributed by atoms with Crippen molar-refractivity contribution in [1.29, 1.82) is 0 Å². The van der Waals surface area contributed by atoms with Crippen molar-refractivity contribution in [1.82, 2.24) is 9.97 Å². The Labute approximate surface area is 112 Å². The van der Waals surface area contributed by atoms with Crippen molar-refractivity contribution in [3.8, 4) is 0 Å². The number of nitrogens with one attached hydrogen (secondary N) is 1. The van der Waals surface area contributed by atoms with Gasteiger partial charge in [0.1, 0.15) is 11.5 Å². The van der Waals surface area contributed by atoms with Gasteiger partial charge in [-0.25, -0.2) is 4.98 Å². The van der Waals surface area contributed by atoms with Crippen LogP contribution in [0.25, 0.3) is 0 Å². The van der Waals surface area contributed by atoms with Crippen molar-refractivity contribution in [2.75, 3.05) is 11.1 Å². The average molecular weight is 340 g/mol. The zero-order valence-electron chi connectivity index (χ0n) is 8.72. The topological polar surface area (TPSA) is 80.9 Å². The normalized spacial score (nSPS) is 9.94. The molecule has 0 aliphatic carbocycles. The molecule has 3 N–H and O–H groups in total. The molecule has 0 aliphatic heterocycles. The lowest BCUT2D eigenvalue weighted by molar-refractivity contribution is 0.102. The molecular weight excluding hydrogens is 331 g/mol. The monoisotopic (exact) mass is 340 g/mol. The summed E-state index contributed by atoms with van der Waals surface area (Å²) in [6.45, 7) is 0. The van der Waals surface area contributed by atoms with Crippen LogP contribution < -0.4 is 11.1 Å². The van der Waals surface area contributed by atoms with Gasteiger partial charge in [-0.05, 0) is 46.9 Å². The van der Waals surface area contributed by atoms with Gasteiger partial charge in [-0.2, -0.15) is 0 Å². The Morgan fingerprint density at radius 2 is 1.94 bits per heavy atom. The number of benzene rings is 1. The molecule has 2 rings (SSSR count). The molecule has 0 saturated heterocycles. The van der Waals surface area contributed by atoms with E-state index in [9.17, 15) is 4.79 Å². The first-order valence-corrected chi connectivity index (χ1v) is 5.87. The van der Waals surface area contributed by atoms with Crippen molar-refractivity contribution >= 4 is 40.0 Å². The molecule has 2 aromatic rings. The van der Waals surface area contributed by atoms with Gasteiger partial charge < -0.3 is 11.1 Å². The van der Waals surface area contributed by atoms with Crippen LogP contribution in [0.5, 0.6) is 0 Å². The first kappa shape index (κ1) is 11.8. The zero-order chi connectivity index (χ0) is 12.3. The molecule has 5 nitrogen and oxygen atoms in total. The zero-order valence-corrected chi connectivity index (χ0v) is 10.9. The molecule has 1 heterocycles. The van der Waals surface area contributed by atoms with Crippen LogP contribution in [-0.2, 0) is 0 Å². The molecule has 0 atom stereocenters. The highest BCUT2D eigenvalue weighted by Crippen LogP contribution is 2.12. The summed E-state index contributed by atoms with van der Waals surface area (Å²) in [7, 11) is 0. The molecule has 1 aromatic heterocycles. The number of nitrogen functional groups attached to an aromatic ring is 1. The molecule has 86 valence electrons. The third-order valence-corrected chi connectivity index (χ3v) is 2.71. The van der Waals surface area contributed by atoms with Gasteiger partial charge in [0.15, 0.2) is 0 Å². The lowest BCUT2D eigenvalue weighted by Crippen LogP contribution is -2.14. The van der Waals surface area contributed by atoms with Gasteiger partial charge in [-0.15, -0.1) is 0 Å². The van der Waals surface area contributed by atoms with E-state index in [0.29, 0.717) is 5.69 Å². The van der Waals surface area contributed by atoms with Gasteiger partial charge in [-0.1, -0.05) is 0 Å². The second-order valence-corrected chi connectivity index (χ2v) is 4.54. The number of anilines is 2. The van der Waals surface area contributed by atoms with Gasteiger partial charge in [0.25, 0.3) is 5.91 Å². The highest BCUT2D eigenvalue weighted by atomic mass is 127. The number of nitrogens with two attached hydrogens (primary N) is 1. The minimum Gasteiger partial charge on any atom is -0.382 e. The fraction of sp³-hybridized carbons (Fsp3) is 0. The summed E-state index contributed by atoms with van der Waals surface area (Å²) in [4.78, 5) is 19.5.